The van der Waals surface area contributed by atoms with Crippen LogP contribution in [-0.4, -0.2) is 41.1 Å². The highest BCUT2D eigenvalue weighted by Crippen LogP contribution is 2.37. The van der Waals surface area contributed by atoms with Crippen molar-refractivity contribution in [3.05, 3.63) is 23.3 Å². The lowest BCUT2D eigenvalue weighted by molar-refractivity contribution is 0.00578. The van der Waals surface area contributed by atoms with Gasteiger partial charge in [-0.25, -0.2) is 9.59 Å². The lowest BCUT2D eigenvalue weighted by atomic mass is 9.77. The summed E-state index contributed by atoms with van der Waals surface area (Å²) in [5.41, 5.74) is -0.453. The zero-order chi connectivity index (χ0) is 20.8. The van der Waals surface area contributed by atoms with Crippen molar-refractivity contribution >= 4 is 30.3 Å². The molecule has 1 amide bonds. The first-order valence-corrected chi connectivity index (χ1v) is 8.86. The van der Waals surface area contributed by atoms with Gasteiger partial charge in [-0.05, 0) is 78.5 Å². The molecule has 0 radical (unpaired) electrons. The summed E-state index contributed by atoms with van der Waals surface area (Å²) in [6.45, 7) is 14.6. The van der Waals surface area contributed by atoms with Gasteiger partial charge in [0.2, 0.25) is 0 Å². The molecule has 1 saturated heterocycles. The van der Waals surface area contributed by atoms with Crippen LogP contribution in [0.25, 0.3) is 0 Å². The average molecular weight is 377 g/mol. The van der Waals surface area contributed by atoms with Crippen LogP contribution in [0.3, 0.4) is 0 Å². The van der Waals surface area contributed by atoms with Crippen molar-refractivity contribution in [3.8, 4) is 0 Å². The fraction of sp³-hybridized carbons (Fsp3) is 0.579. The minimum atomic E-state index is -1.10. The van der Waals surface area contributed by atoms with Crippen molar-refractivity contribution in [1.29, 1.82) is 0 Å². The van der Waals surface area contributed by atoms with Crippen LogP contribution >= 0.6 is 0 Å². The third kappa shape index (κ3) is 4.62. The van der Waals surface area contributed by atoms with Crippen LogP contribution in [0.15, 0.2) is 12.1 Å². The number of carbonyl (C=O) groups excluding carboxylic acids is 1. The number of ether oxygens (including phenoxy) is 1. The Morgan fingerprint density at radius 3 is 2.07 bits per heavy atom. The molecule has 0 unspecified atom stereocenters. The zero-order valence-corrected chi connectivity index (χ0v) is 17.2. The quantitative estimate of drug-likeness (QED) is 0.785. The summed E-state index contributed by atoms with van der Waals surface area (Å²) < 4.78 is 17.3. The van der Waals surface area contributed by atoms with E-state index in [1.165, 1.54) is 6.07 Å². The van der Waals surface area contributed by atoms with Gasteiger partial charge in [-0.2, -0.15) is 0 Å². The number of carboxylic acids is 1. The number of anilines is 1. The van der Waals surface area contributed by atoms with Gasteiger partial charge in [-0.1, -0.05) is 0 Å². The lowest BCUT2D eigenvalue weighted by Gasteiger charge is -2.32. The van der Waals surface area contributed by atoms with Crippen LogP contribution in [0, 0.1) is 6.92 Å². The first-order chi connectivity index (χ1) is 12.1. The summed E-state index contributed by atoms with van der Waals surface area (Å²) in [6.07, 6.45) is -0.659. The number of amides is 1. The van der Waals surface area contributed by atoms with E-state index in [0.717, 1.165) is 0 Å². The van der Waals surface area contributed by atoms with Crippen LogP contribution in [0.1, 0.15) is 64.4 Å². The summed E-state index contributed by atoms with van der Waals surface area (Å²) in [7, 11) is -0.743. The molecule has 1 aliphatic rings. The highest BCUT2D eigenvalue weighted by molar-refractivity contribution is 6.62. The zero-order valence-electron chi connectivity index (χ0n) is 17.2. The Bertz CT molecular complexity index is 750. The Kier molecular flexibility index (Phi) is 5.38. The molecule has 1 heterocycles. The van der Waals surface area contributed by atoms with E-state index in [1.807, 2.05) is 27.7 Å². The van der Waals surface area contributed by atoms with E-state index in [4.69, 9.17) is 14.0 Å². The number of carboxylic acid groups (broad SMARTS) is 1. The van der Waals surface area contributed by atoms with Crippen LogP contribution in [0.4, 0.5) is 10.5 Å². The van der Waals surface area contributed by atoms with Crippen LogP contribution in [-0.2, 0) is 14.0 Å². The topological polar surface area (TPSA) is 94.1 Å². The standard InChI is InChI=1S/C19H28BNO6/c1-11-13(15(22)23)9-12(20-26-18(5,6)19(7,8)27-20)10-14(11)21-16(24)25-17(2,3)4/h9-10H,1-8H3,(H,21,24)(H,22,23). The third-order valence-corrected chi connectivity index (χ3v) is 4.82. The minimum Gasteiger partial charge on any atom is -0.478 e. The van der Waals surface area contributed by atoms with Crippen molar-refractivity contribution < 1.29 is 28.7 Å². The van der Waals surface area contributed by atoms with E-state index >= 15 is 0 Å². The van der Waals surface area contributed by atoms with Gasteiger partial charge in [0.25, 0.3) is 0 Å². The second-order valence-electron chi connectivity index (χ2n) is 8.76. The molecule has 8 heteroatoms. The van der Waals surface area contributed by atoms with Crippen molar-refractivity contribution in [2.24, 2.45) is 0 Å². The molecule has 148 valence electrons. The first kappa shape index (κ1) is 21.2. The van der Waals surface area contributed by atoms with Crippen molar-refractivity contribution in [3.63, 3.8) is 0 Å². The smallest absolute Gasteiger partial charge is 0.478 e. The Morgan fingerprint density at radius 2 is 1.63 bits per heavy atom. The minimum absolute atomic E-state index is 0.0632. The summed E-state index contributed by atoms with van der Waals surface area (Å²) in [4.78, 5) is 23.8. The lowest BCUT2D eigenvalue weighted by Crippen LogP contribution is -2.41. The maximum Gasteiger partial charge on any atom is 0.494 e. The summed E-state index contributed by atoms with van der Waals surface area (Å²) in [5, 5.41) is 12.2. The molecule has 0 saturated carbocycles. The maximum absolute atomic E-state index is 12.2. The number of hydrogen-bond donors (Lipinski definition) is 2. The van der Waals surface area contributed by atoms with Gasteiger partial charge in [0.1, 0.15) is 5.60 Å². The van der Waals surface area contributed by atoms with E-state index in [-0.39, 0.29) is 5.56 Å². The molecule has 0 aromatic heterocycles. The number of aromatic carboxylic acids is 1. The number of benzene rings is 1. The fourth-order valence-electron chi connectivity index (χ4n) is 2.62. The Balaban J connectivity index is 2.41. The molecule has 1 aliphatic heterocycles. The van der Waals surface area contributed by atoms with E-state index < -0.39 is 36.0 Å². The molecule has 1 aromatic carbocycles. The second-order valence-corrected chi connectivity index (χ2v) is 8.76. The maximum atomic E-state index is 12.2. The summed E-state index contributed by atoms with van der Waals surface area (Å²) in [6, 6.07) is 3.17. The average Bonchev–Trinajstić information content (AvgIpc) is 2.67. The Hall–Kier alpha value is -2.06. The molecule has 0 aliphatic carbocycles. The molecule has 1 fully saturated rings. The van der Waals surface area contributed by atoms with Crippen LogP contribution in [0.5, 0.6) is 0 Å². The largest absolute Gasteiger partial charge is 0.494 e. The number of nitrogens with one attached hydrogen (secondary N) is 1. The summed E-state index contributed by atoms with van der Waals surface area (Å²) >= 11 is 0. The molecule has 0 bridgehead atoms. The third-order valence-electron chi connectivity index (χ3n) is 4.82. The van der Waals surface area contributed by atoms with Crippen LogP contribution in [0.2, 0.25) is 0 Å². The van der Waals surface area contributed by atoms with Gasteiger partial charge >= 0.3 is 19.2 Å². The van der Waals surface area contributed by atoms with Gasteiger partial charge in [0, 0.05) is 5.69 Å². The Labute approximate surface area is 160 Å². The predicted octanol–water partition coefficient (Wildman–Crippen LogP) is 3.34. The normalized spacial score (nSPS) is 18.3. The predicted molar refractivity (Wildman–Crippen MR) is 104 cm³/mol. The molecule has 7 nitrogen and oxygen atoms in total. The van der Waals surface area contributed by atoms with Gasteiger partial charge < -0.3 is 19.2 Å². The van der Waals surface area contributed by atoms with Crippen LogP contribution < -0.4 is 10.8 Å². The van der Waals surface area contributed by atoms with Crippen molar-refractivity contribution in [1.82, 2.24) is 0 Å². The van der Waals surface area contributed by atoms with Gasteiger partial charge in [0.15, 0.2) is 0 Å². The molecule has 0 atom stereocenters. The van der Waals surface area contributed by atoms with Crippen molar-refractivity contribution in [2.75, 3.05) is 5.32 Å². The highest BCUT2D eigenvalue weighted by atomic mass is 16.7. The van der Waals surface area contributed by atoms with E-state index in [2.05, 4.69) is 5.32 Å². The van der Waals surface area contributed by atoms with E-state index in [1.54, 1.807) is 33.8 Å². The SMILES string of the molecule is Cc1c(NC(=O)OC(C)(C)C)cc(B2OC(C)(C)C(C)(C)O2)cc1C(=O)O. The van der Waals surface area contributed by atoms with Crippen molar-refractivity contribution in [2.45, 2.75) is 72.2 Å². The van der Waals surface area contributed by atoms with Gasteiger partial charge in [0.05, 0.1) is 16.8 Å². The monoisotopic (exact) mass is 377 g/mol. The van der Waals surface area contributed by atoms with E-state index in [0.29, 0.717) is 16.7 Å². The number of hydrogen-bond acceptors (Lipinski definition) is 5. The summed E-state index contributed by atoms with van der Waals surface area (Å²) in [5.74, 6) is -1.10. The fourth-order valence-corrected chi connectivity index (χ4v) is 2.62. The number of rotatable bonds is 3. The first-order valence-electron chi connectivity index (χ1n) is 8.86. The highest BCUT2D eigenvalue weighted by Gasteiger charge is 2.52. The molecular formula is C19H28BNO6. The van der Waals surface area contributed by atoms with Gasteiger partial charge in [-0.15, -0.1) is 0 Å². The molecule has 27 heavy (non-hydrogen) atoms. The second kappa shape index (κ2) is 6.84. The molecule has 2 N–H and O–H groups in total. The Morgan fingerprint density at radius 1 is 1.11 bits per heavy atom. The van der Waals surface area contributed by atoms with Gasteiger partial charge in [-0.3, -0.25) is 5.32 Å². The van der Waals surface area contributed by atoms with E-state index in [9.17, 15) is 14.7 Å². The molecule has 2 rings (SSSR count). The molecular weight excluding hydrogens is 349 g/mol. The molecule has 1 aromatic rings. The molecule has 0 spiro atoms. The number of carbonyl (C=O) groups is 2.